The fraction of sp³-hybridized carbons (Fsp3) is 0.125. The van der Waals surface area contributed by atoms with E-state index in [0.29, 0.717) is 0 Å². The summed E-state index contributed by atoms with van der Waals surface area (Å²) in [6.07, 6.45) is 2.00. The van der Waals surface area contributed by atoms with Crippen LogP contribution in [0, 0.1) is 10.7 Å². The van der Waals surface area contributed by atoms with E-state index in [2.05, 4.69) is 56.1 Å². The Morgan fingerprint density at radius 3 is 1.21 bits per heavy atom. The van der Waals surface area contributed by atoms with Gasteiger partial charge in [-0.05, 0) is 0 Å². The molecule has 0 fully saturated rings. The Bertz CT molecular complexity index is 362. The average Bonchev–Trinajstić information content (AvgIpc) is 2.43. The van der Waals surface area contributed by atoms with Gasteiger partial charge in [-0.1, -0.05) is 71.8 Å². The molecule has 0 amide bonds. The first-order valence-corrected chi connectivity index (χ1v) is 7.61. The Labute approximate surface area is 149 Å². The summed E-state index contributed by atoms with van der Waals surface area (Å²) in [6, 6.07) is 20.7. The molecule has 0 nitrogen and oxygen atoms in total. The van der Waals surface area contributed by atoms with Gasteiger partial charge < -0.3 is 31.9 Å². The Kier molecular flexibility index (Phi) is 13.3. The molecule has 2 aromatic rings. The maximum Gasteiger partial charge on any atom is 2.00 e. The third kappa shape index (κ3) is 9.66. The molecule has 3 heteroatoms. The Balaban J connectivity index is 0.000000324. The third-order valence-corrected chi connectivity index (χ3v) is 2.96. The summed E-state index contributed by atoms with van der Waals surface area (Å²) >= 11 is 6.52. The predicted octanol–water partition coefficient (Wildman–Crippen LogP) is 5.19. The second-order valence-electron chi connectivity index (χ2n) is 3.69. The normalized spacial score (nSPS) is 8.95. The van der Waals surface area contributed by atoms with E-state index in [1.54, 1.807) is 0 Å². The van der Waals surface area contributed by atoms with Crippen LogP contribution in [0.4, 0.5) is 0 Å². The Morgan fingerprint density at radius 1 is 0.632 bits per heavy atom. The van der Waals surface area contributed by atoms with Gasteiger partial charge >= 0.3 is 23.1 Å². The third-order valence-electron chi connectivity index (χ3n) is 2.31. The monoisotopic (exact) mass is 390 g/mol. The molecule has 0 aromatic heterocycles. The summed E-state index contributed by atoms with van der Waals surface area (Å²) in [4.78, 5) is 0. The molecule has 0 N–H and O–H groups in total. The minimum Gasteiger partial charge on any atom is -0.320 e. The Morgan fingerprint density at radius 2 is 0.947 bits per heavy atom. The van der Waals surface area contributed by atoms with Crippen LogP contribution in [0.1, 0.15) is 11.1 Å². The van der Waals surface area contributed by atoms with Crippen molar-refractivity contribution in [3.63, 3.8) is 0 Å². The fourth-order valence-corrected chi connectivity index (χ4v) is 2.15. The summed E-state index contributed by atoms with van der Waals surface area (Å²) in [5, 5.41) is 3.95. The van der Waals surface area contributed by atoms with E-state index in [-0.39, 0.29) is 23.1 Å². The van der Waals surface area contributed by atoms with Crippen molar-refractivity contribution in [1.82, 2.24) is 0 Å². The quantitative estimate of drug-likeness (QED) is 0.496. The molecule has 0 aliphatic carbocycles. The molecule has 0 aliphatic rings. The van der Waals surface area contributed by atoms with Gasteiger partial charge in [-0.3, -0.25) is 10.7 Å². The van der Waals surface area contributed by atoms with Gasteiger partial charge in [-0.25, -0.2) is 0 Å². The van der Waals surface area contributed by atoms with Crippen LogP contribution in [0.25, 0.3) is 0 Å². The van der Waals surface area contributed by atoms with Crippen molar-refractivity contribution in [3.8, 4) is 0 Å². The molecule has 0 spiro atoms. The van der Waals surface area contributed by atoms with Crippen LogP contribution in [-0.2, 0) is 12.8 Å². The molecule has 0 saturated carbocycles. The molecule has 0 heterocycles. The van der Waals surface area contributed by atoms with E-state index < -0.39 is 0 Å². The topological polar surface area (TPSA) is 0 Å². The number of benzene rings is 2. The van der Waals surface area contributed by atoms with Crippen molar-refractivity contribution in [2.24, 2.45) is 0 Å². The van der Waals surface area contributed by atoms with Crippen LogP contribution in [0.15, 0.2) is 60.7 Å². The smallest absolute Gasteiger partial charge is 0.320 e. The number of halogens is 2. The van der Waals surface area contributed by atoms with Crippen LogP contribution >= 0.6 is 31.9 Å². The zero-order valence-electron chi connectivity index (χ0n) is 10.8. The minimum absolute atomic E-state index is 0. The van der Waals surface area contributed by atoms with E-state index in [1.807, 2.05) is 47.1 Å². The van der Waals surface area contributed by atoms with E-state index in [1.165, 1.54) is 11.1 Å². The standard InChI is InChI=1S/2C8H8Br.Mg/c2*9-7-6-8-4-2-1-3-5-8;/h2*1-5,7H,6H2;/q2*-1;+2. The van der Waals surface area contributed by atoms with Gasteiger partial charge in [0.05, 0.1) is 0 Å². The predicted molar refractivity (Wildman–Crippen MR) is 92.5 cm³/mol. The van der Waals surface area contributed by atoms with Crippen molar-refractivity contribution in [2.75, 3.05) is 0 Å². The van der Waals surface area contributed by atoms with Crippen LogP contribution in [-0.4, -0.2) is 23.1 Å². The number of rotatable bonds is 4. The Hall–Kier alpha value is 0.166. The SMILES string of the molecule is Br[CH-]Cc1ccccc1.Br[CH-]Cc1ccccc1.[Mg+2]. The average molecular weight is 392 g/mol. The van der Waals surface area contributed by atoms with E-state index in [9.17, 15) is 0 Å². The van der Waals surface area contributed by atoms with E-state index in [4.69, 9.17) is 0 Å². The zero-order chi connectivity index (χ0) is 13.1. The maximum absolute atomic E-state index is 3.26. The first kappa shape index (κ1) is 19.2. The van der Waals surface area contributed by atoms with Gasteiger partial charge in [0, 0.05) is 0 Å². The summed E-state index contributed by atoms with van der Waals surface area (Å²) in [7, 11) is 0. The van der Waals surface area contributed by atoms with Crippen LogP contribution in [0.5, 0.6) is 0 Å². The molecule has 0 atom stereocenters. The molecule has 96 valence electrons. The molecule has 19 heavy (non-hydrogen) atoms. The maximum atomic E-state index is 3.26. The van der Waals surface area contributed by atoms with Gasteiger partial charge in [0.25, 0.3) is 0 Å². The molecule has 0 unspecified atom stereocenters. The van der Waals surface area contributed by atoms with Crippen LogP contribution in [0.2, 0.25) is 0 Å². The molecule has 2 rings (SSSR count). The summed E-state index contributed by atoms with van der Waals surface area (Å²) in [5.74, 6) is 0. The molecular formula is C16H16Br2Mg. The number of hydrogen-bond acceptors (Lipinski definition) is 0. The fourth-order valence-electron chi connectivity index (χ4n) is 1.41. The van der Waals surface area contributed by atoms with Gasteiger partial charge in [0.15, 0.2) is 0 Å². The summed E-state index contributed by atoms with van der Waals surface area (Å²) < 4.78 is 0. The molecule has 0 aliphatic heterocycles. The van der Waals surface area contributed by atoms with Crippen molar-refractivity contribution >= 4 is 54.9 Å². The van der Waals surface area contributed by atoms with E-state index in [0.717, 1.165) is 12.8 Å². The summed E-state index contributed by atoms with van der Waals surface area (Å²) in [5.41, 5.74) is 2.68. The van der Waals surface area contributed by atoms with Gasteiger partial charge in [-0.15, -0.1) is 12.8 Å². The second-order valence-corrected chi connectivity index (χ2v) is 4.98. The first-order chi connectivity index (χ1) is 8.86. The largest absolute Gasteiger partial charge is 2.00 e. The second kappa shape index (κ2) is 13.2. The minimum atomic E-state index is 0. The van der Waals surface area contributed by atoms with Gasteiger partial charge in [0.2, 0.25) is 0 Å². The van der Waals surface area contributed by atoms with Gasteiger partial charge in [-0.2, -0.15) is 0 Å². The van der Waals surface area contributed by atoms with E-state index >= 15 is 0 Å². The molecule has 0 radical (unpaired) electrons. The molecule has 2 aromatic carbocycles. The molecular weight excluding hydrogens is 376 g/mol. The zero-order valence-corrected chi connectivity index (χ0v) is 15.4. The molecule has 0 bridgehead atoms. The van der Waals surface area contributed by atoms with Crippen molar-refractivity contribution in [2.45, 2.75) is 12.8 Å². The van der Waals surface area contributed by atoms with Crippen LogP contribution in [0.3, 0.4) is 0 Å². The van der Waals surface area contributed by atoms with Gasteiger partial charge in [0.1, 0.15) is 0 Å². The van der Waals surface area contributed by atoms with Crippen molar-refractivity contribution in [3.05, 3.63) is 82.5 Å². The van der Waals surface area contributed by atoms with Crippen LogP contribution < -0.4 is 0 Å². The first-order valence-electron chi connectivity index (χ1n) is 5.78. The number of hydrogen-bond donors (Lipinski definition) is 0. The summed E-state index contributed by atoms with van der Waals surface area (Å²) in [6.45, 7) is 0. The van der Waals surface area contributed by atoms with Crippen molar-refractivity contribution in [1.29, 1.82) is 0 Å². The molecule has 0 saturated heterocycles. The van der Waals surface area contributed by atoms with Crippen molar-refractivity contribution < 1.29 is 0 Å².